The van der Waals surface area contributed by atoms with Gasteiger partial charge in [0.2, 0.25) is 0 Å². The molecule has 1 amide bonds. The van der Waals surface area contributed by atoms with Gasteiger partial charge >= 0.3 is 0 Å². The molecule has 0 radical (unpaired) electrons. The third kappa shape index (κ3) is 4.06. The minimum absolute atomic E-state index is 0.176. The average molecular weight is 256 g/mol. The molecule has 0 aliphatic rings. The van der Waals surface area contributed by atoms with Crippen molar-refractivity contribution in [3.63, 3.8) is 0 Å². The van der Waals surface area contributed by atoms with E-state index < -0.39 is 5.91 Å². The van der Waals surface area contributed by atoms with Gasteiger partial charge in [0.25, 0.3) is 5.91 Å². The van der Waals surface area contributed by atoms with Gasteiger partial charge in [-0.3, -0.25) is 4.79 Å². The summed E-state index contributed by atoms with van der Waals surface area (Å²) in [5.41, 5.74) is 6.58. The first-order valence-electron chi connectivity index (χ1n) is 6.15. The summed E-state index contributed by atoms with van der Waals surface area (Å²) in [7, 11) is 0. The molecule has 0 bridgehead atoms. The molecule has 5 nitrogen and oxygen atoms in total. The standard InChI is InChI=1S/C14H16N4O/c15-14(19)12-9-18-13(10-17-12)16-8-4-7-11-5-2-1-3-6-11/h1-3,5-6,9-10H,4,7-8H2,(H2,15,19)(H,16,18). The molecule has 19 heavy (non-hydrogen) atoms. The second-order valence-electron chi connectivity index (χ2n) is 4.17. The molecule has 0 aliphatic carbocycles. The minimum Gasteiger partial charge on any atom is -0.369 e. The van der Waals surface area contributed by atoms with E-state index in [4.69, 9.17) is 5.73 Å². The fourth-order valence-corrected chi connectivity index (χ4v) is 1.70. The maximum absolute atomic E-state index is 10.8. The molecule has 98 valence electrons. The topological polar surface area (TPSA) is 80.9 Å². The van der Waals surface area contributed by atoms with Crippen molar-refractivity contribution in [2.75, 3.05) is 11.9 Å². The Morgan fingerprint density at radius 1 is 1.16 bits per heavy atom. The molecule has 0 spiro atoms. The quantitative estimate of drug-likeness (QED) is 0.769. The number of benzene rings is 1. The van der Waals surface area contributed by atoms with Crippen molar-refractivity contribution in [1.82, 2.24) is 9.97 Å². The van der Waals surface area contributed by atoms with Gasteiger partial charge in [0.05, 0.1) is 12.4 Å². The highest BCUT2D eigenvalue weighted by atomic mass is 16.1. The average Bonchev–Trinajstić information content (AvgIpc) is 2.45. The number of carbonyl (C=O) groups excluding carboxylic acids is 1. The number of nitrogens with one attached hydrogen (secondary N) is 1. The van der Waals surface area contributed by atoms with Crippen molar-refractivity contribution in [1.29, 1.82) is 0 Å². The molecule has 1 heterocycles. The second kappa shape index (κ2) is 6.49. The first-order valence-corrected chi connectivity index (χ1v) is 6.15. The Balaban J connectivity index is 1.75. The van der Waals surface area contributed by atoms with Gasteiger partial charge in [-0.1, -0.05) is 30.3 Å². The SMILES string of the molecule is NC(=O)c1cnc(NCCCc2ccccc2)cn1. The van der Waals surface area contributed by atoms with Crippen molar-refractivity contribution in [3.05, 3.63) is 54.0 Å². The van der Waals surface area contributed by atoms with Gasteiger partial charge in [-0.15, -0.1) is 0 Å². The number of aromatic nitrogens is 2. The highest BCUT2D eigenvalue weighted by molar-refractivity contribution is 5.90. The molecule has 0 fully saturated rings. The van der Waals surface area contributed by atoms with Crippen LogP contribution in [-0.4, -0.2) is 22.4 Å². The highest BCUT2D eigenvalue weighted by Gasteiger charge is 2.02. The second-order valence-corrected chi connectivity index (χ2v) is 4.17. The van der Waals surface area contributed by atoms with Crippen molar-refractivity contribution >= 4 is 11.7 Å². The van der Waals surface area contributed by atoms with Crippen molar-refractivity contribution in [2.24, 2.45) is 5.73 Å². The van der Waals surface area contributed by atoms with Gasteiger partial charge in [-0.25, -0.2) is 9.97 Å². The predicted molar refractivity (Wildman–Crippen MR) is 73.8 cm³/mol. The van der Waals surface area contributed by atoms with Gasteiger partial charge < -0.3 is 11.1 Å². The summed E-state index contributed by atoms with van der Waals surface area (Å²) in [5.74, 6) is 0.0844. The fourth-order valence-electron chi connectivity index (χ4n) is 1.70. The van der Waals surface area contributed by atoms with E-state index in [-0.39, 0.29) is 5.69 Å². The lowest BCUT2D eigenvalue weighted by Crippen LogP contribution is -2.14. The summed E-state index contributed by atoms with van der Waals surface area (Å²) in [6.45, 7) is 0.805. The summed E-state index contributed by atoms with van der Waals surface area (Å²) in [5, 5.41) is 3.16. The van der Waals surface area contributed by atoms with Crippen LogP contribution < -0.4 is 11.1 Å². The largest absolute Gasteiger partial charge is 0.369 e. The van der Waals surface area contributed by atoms with E-state index in [0.29, 0.717) is 5.82 Å². The van der Waals surface area contributed by atoms with E-state index in [1.807, 2.05) is 18.2 Å². The molecule has 0 aliphatic heterocycles. The van der Waals surface area contributed by atoms with Crippen LogP contribution in [0.15, 0.2) is 42.7 Å². The van der Waals surface area contributed by atoms with E-state index >= 15 is 0 Å². The summed E-state index contributed by atoms with van der Waals surface area (Å²) in [4.78, 5) is 18.8. The Kier molecular flexibility index (Phi) is 4.44. The molecular weight excluding hydrogens is 240 g/mol. The number of carbonyl (C=O) groups is 1. The number of nitrogens with zero attached hydrogens (tertiary/aromatic N) is 2. The van der Waals surface area contributed by atoms with Crippen LogP contribution in [-0.2, 0) is 6.42 Å². The molecule has 2 rings (SSSR count). The van der Waals surface area contributed by atoms with Crippen LogP contribution >= 0.6 is 0 Å². The molecular formula is C14H16N4O. The number of anilines is 1. The van der Waals surface area contributed by atoms with Gasteiger partial charge in [0.1, 0.15) is 11.5 Å². The van der Waals surface area contributed by atoms with Crippen molar-refractivity contribution < 1.29 is 4.79 Å². The molecule has 2 aromatic rings. The Bertz CT molecular complexity index is 525. The third-order valence-corrected chi connectivity index (χ3v) is 2.70. The van der Waals surface area contributed by atoms with Crippen LogP contribution in [0.2, 0.25) is 0 Å². The zero-order chi connectivity index (χ0) is 13.5. The third-order valence-electron chi connectivity index (χ3n) is 2.70. The Labute approximate surface area is 111 Å². The lowest BCUT2D eigenvalue weighted by Gasteiger charge is -2.05. The van der Waals surface area contributed by atoms with Gasteiger partial charge in [0.15, 0.2) is 0 Å². The van der Waals surface area contributed by atoms with Gasteiger partial charge in [-0.2, -0.15) is 0 Å². The molecule has 3 N–H and O–H groups in total. The number of aryl methyl sites for hydroxylation is 1. The number of primary amides is 1. The van der Waals surface area contributed by atoms with E-state index in [0.717, 1.165) is 19.4 Å². The first kappa shape index (κ1) is 13.0. The number of hydrogen-bond acceptors (Lipinski definition) is 4. The fraction of sp³-hybridized carbons (Fsp3) is 0.214. The van der Waals surface area contributed by atoms with Crippen molar-refractivity contribution in [2.45, 2.75) is 12.8 Å². The molecule has 0 atom stereocenters. The Morgan fingerprint density at radius 3 is 2.58 bits per heavy atom. The van der Waals surface area contributed by atoms with E-state index in [9.17, 15) is 4.79 Å². The van der Waals surface area contributed by atoms with Crippen LogP contribution in [0.3, 0.4) is 0 Å². The van der Waals surface area contributed by atoms with E-state index in [1.54, 1.807) is 0 Å². The molecule has 1 aromatic heterocycles. The molecule has 0 saturated carbocycles. The smallest absolute Gasteiger partial charge is 0.268 e. The monoisotopic (exact) mass is 256 g/mol. The molecule has 1 aromatic carbocycles. The van der Waals surface area contributed by atoms with Gasteiger partial charge in [0, 0.05) is 6.54 Å². The lowest BCUT2D eigenvalue weighted by molar-refractivity contribution is 0.0995. The zero-order valence-corrected chi connectivity index (χ0v) is 10.5. The highest BCUT2D eigenvalue weighted by Crippen LogP contribution is 2.04. The lowest BCUT2D eigenvalue weighted by atomic mass is 10.1. The zero-order valence-electron chi connectivity index (χ0n) is 10.5. The number of nitrogens with two attached hydrogens (primary N) is 1. The number of amides is 1. The summed E-state index contributed by atoms with van der Waals surface area (Å²) >= 11 is 0. The van der Waals surface area contributed by atoms with Crippen LogP contribution in [0.4, 0.5) is 5.82 Å². The number of hydrogen-bond donors (Lipinski definition) is 2. The Morgan fingerprint density at radius 2 is 1.95 bits per heavy atom. The molecule has 0 saturated heterocycles. The summed E-state index contributed by atoms with van der Waals surface area (Å²) in [6.07, 6.45) is 4.91. The van der Waals surface area contributed by atoms with Crippen LogP contribution in [0.25, 0.3) is 0 Å². The summed E-state index contributed by atoms with van der Waals surface area (Å²) in [6, 6.07) is 10.3. The maximum Gasteiger partial charge on any atom is 0.268 e. The molecule has 5 heteroatoms. The maximum atomic E-state index is 10.8. The van der Waals surface area contributed by atoms with E-state index in [2.05, 4.69) is 27.4 Å². The summed E-state index contributed by atoms with van der Waals surface area (Å²) < 4.78 is 0. The van der Waals surface area contributed by atoms with Crippen LogP contribution in [0, 0.1) is 0 Å². The normalized spacial score (nSPS) is 10.1. The van der Waals surface area contributed by atoms with E-state index in [1.165, 1.54) is 18.0 Å². The minimum atomic E-state index is -0.567. The van der Waals surface area contributed by atoms with Gasteiger partial charge in [-0.05, 0) is 18.4 Å². The molecule has 0 unspecified atom stereocenters. The predicted octanol–water partition coefficient (Wildman–Crippen LogP) is 1.62. The van der Waals surface area contributed by atoms with Crippen LogP contribution in [0.1, 0.15) is 22.5 Å². The first-order chi connectivity index (χ1) is 9.25. The number of rotatable bonds is 6. The van der Waals surface area contributed by atoms with Crippen LogP contribution in [0.5, 0.6) is 0 Å². The Hall–Kier alpha value is -2.43. The van der Waals surface area contributed by atoms with Crippen molar-refractivity contribution in [3.8, 4) is 0 Å².